The van der Waals surface area contributed by atoms with Crippen LogP contribution in [0, 0.1) is 0 Å². The second kappa shape index (κ2) is 5.37. The van der Waals surface area contributed by atoms with Crippen LogP contribution in [0.2, 0.25) is 0 Å². The van der Waals surface area contributed by atoms with Crippen molar-refractivity contribution in [2.45, 2.75) is 32.2 Å². The highest BCUT2D eigenvalue weighted by Gasteiger charge is 2.23. The van der Waals surface area contributed by atoms with Crippen molar-refractivity contribution in [2.75, 3.05) is 6.54 Å². The van der Waals surface area contributed by atoms with Crippen LogP contribution in [0.15, 0.2) is 27.7 Å². The molecule has 3 nitrogen and oxygen atoms in total. The van der Waals surface area contributed by atoms with Crippen LogP contribution in [0.25, 0.3) is 10.9 Å². The van der Waals surface area contributed by atoms with Crippen molar-refractivity contribution in [2.24, 2.45) is 4.99 Å². The van der Waals surface area contributed by atoms with Gasteiger partial charge in [0.15, 0.2) is 0 Å². The summed E-state index contributed by atoms with van der Waals surface area (Å²) in [5.41, 5.74) is 4.03. The second-order valence-corrected chi connectivity index (χ2v) is 5.86. The molecule has 0 radical (unpaired) electrons. The predicted molar refractivity (Wildman–Crippen MR) is 83.8 cm³/mol. The topological polar surface area (TPSA) is 40.2 Å². The first-order chi connectivity index (χ1) is 9.29. The fourth-order valence-corrected chi connectivity index (χ4v) is 3.20. The van der Waals surface area contributed by atoms with Gasteiger partial charge in [-0.15, -0.1) is 0 Å². The van der Waals surface area contributed by atoms with E-state index >= 15 is 0 Å². The van der Waals surface area contributed by atoms with E-state index in [1.54, 1.807) is 0 Å². The zero-order chi connectivity index (χ0) is 13.2. The Morgan fingerprint density at radius 3 is 3.26 bits per heavy atom. The molecule has 0 aliphatic heterocycles. The monoisotopic (exact) mass is 319 g/mol. The third-order valence-electron chi connectivity index (χ3n) is 3.72. The molecular formula is C15H18BrN3. The molecule has 0 bridgehead atoms. The molecule has 1 aliphatic rings. The molecule has 100 valence electrons. The van der Waals surface area contributed by atoms with Crippen LogP contribution < -0.4 is 5.32 Å². The number of aromatic amines is 1. The van der Waals surface area contributed by atoms with E-state index in [4.69, 9.17) is 0 Å². The number of aromatic nitrogens is 1. The number of rotatable bonds is 3. The Kier molecular flexibility index (Phi) is 3.60. The molecule has 0 saturated heterocycles. The molecule has 1 aliphatic carbocycles. The number of nitrogens with one attached hydrogen (secondary N) is 2. The molecular weight excluding hydrogens is 302 g/mol. The molecule has 0 saturated carbocycles. The van der Waals surface area contributed by atoms with Gasteiger partial charge in [-0.25, -0.2) is 0 Å². The van der Waals surface area contributed by atoms with Gasteiger partial charge in [-0.3, -0.25) is 4.99 Å². The van der Waals surface area contributed by atoms with Crippen LogP contribution in [0.1, 0.15) is 37.1 Å². The molecule has 19 heavy (non-hydrogen) atoms. The third kappa shape index (κ3) is 2.41. The number of benzene rings is 1. The first-order valence-electron chi connectivity index (χ1n) is 6.84. The Hall–Kier alpha value is -1.29. The van der Waals surface area contributed by atoms with Gasteiger partial charge in [0.25, 0.3) is 0 Å². The quantitative estimate of drug-likeness (QED) is 0.652. The van der Waals surface area contributed by atoms with Gasteiger partial charge in [0.05, 0.1) is 12.4 Å². The van der Waals surface area contributed by atoms with E-state index in [1.165, 1.54) is 28.6 Å². The first-order valence-corrected chi connectivity index (χ1v) is 7.63. The van der Waals surface area contributed by atoms with Gasteiger partial charge < -0.3 is 10.3 Å². The fourth-order valence-electron chi connectivity index (χ4n) is 2.84. The molecule has 2 N–H and O–H groups in total. The normalized spacial score (nSPS) is 18.9. The minimum Gasteiger partial charge on any atom is -0.368 e. The van der Waals surface area contributed by atoms with E-state index in [1.807, 2.05) is 13.3 Å². The largest absolute Gasteiger partial charge is 0.368 e. The van der Waals surface area contributed by atoms with Crippen molar-refractivity contribution in [3.8, 4) is 0 Å². The Morgan fingerprint density at radius 2 is 2.42 bits per heavy atom. The molecule has 1 unspecified atom stereocenters. The van der Waals surface area contributed by atoms with Crippen molar-refractivity contribution in [1.82, 2.24) is 10.3 Å². The van der Waals surface area contributed by atoms with Gasteiger partial charge in [0.1, 0.15) is 0 Å². The van der Waals surface area contributed by atoms with Crippen molar-refractivity contribution < 1.29 is 0 Å². The van der Waals surface area contributed by atoms with Crippen LogP contribution >= 0.6 is 15.9 Å². The summed E-state index contributed by atoms with van der Waals surface area (Å²) in [6.07, 6.45) is 5.40. The standard InChI is InChI=1S/C15H18BrN3/c1-2-17-9-18-14-5-3-4-11-12-8-10(16)6-7-13(12)19-15(11)14/h6-9,14,19H,2-5H2,1H3,(H,17,18). The average Bonchev–Trinajstić information content (AvgIpc) is 2.78. The van der Waals surface area contributed by atoms with Crippen molar-refractivity contribution in [3.05, 3.63) is 33.9 Å². The first kappa shape index (κ1) is 12.7. The van der Waals surface area contributed by atoms with E-state index in [0.29, 0.717) is 6.04 Å². The smallest absolute Gasteiger partial charge is 0.0828 e. The SMILES string of the molecule is CCN=CNC1CCCc2c1[nH]c1ccc(Br)cc21. The second-order valence-electron chi connectivity index (χ2n) is 4.95. The Labute approximate surface area is 121 Å². The lowest BCUT2D eigenvalue weighted by molar-refractivity contribution is 0.523. The zero-order valence-electron chi connectivity index (χ0n) is 11.0. The molecule has 4 heteroatoms. The maximum Gasteiger partial charge on any atom is 0.0828 e. The van der Waals surface area contributed by atoms with Gasteiger partial charge in [-0.05, 0) is 49.9 Å². The predicted octanol–water partition coefficient (Wildman–Crippen LogP) is 3.95. The number of H-pyrrole nitrogens is 1. The molecule has 3 rings (SSSR count). The van der Waals surface area contributed by atoms with Crippen molar-refractivity contribution in [3.63, 3.8) is 0 Å². The molecule has 0 fully saturated rings. The Bertz CT molecular complexity index is 615. The van der Waals surface area contributed by atoms with Crippen molar-refractivity contribution in [1.29, 1.82) is 0 Å². The maximum absolute atomic E-state index is 4.25. The summed E-state index contributed by atoms with van der Waals surface area (Å²) >= 11 is 3.56. The van der Waals surface area contributed by atoms with E-state index in [2.05, 4.69) is 49.4 Å². The highest BCUT2D eigenvalue weighted by Crippen LogP contribution is 2.35. The van der Waals surface area contributed by atoms with Gasteiger partial charge in [-0.1, -0.05) is 15.9 Å². The lowest BCUT2D eigenvalue weighted by Crippen LogP contribution is -2.24. The highest BCUT2D eigenvalue weighted by atomic mass is 79.9. The lowest BCUT2D eigenvalue weighted by atomic mass is 9.92. The van der Waals surface area contributed by atoms with E-state index in [9.17, 15) is 0 Å². The minimum atomic E-state index is 0.366. The molecule has 1 heterocycles. The average molecular weight is 320 g/mol. The van der Waals surface area contributed by atoms with Crippen LogP contribution in [0.4, 0.5) is 0 Å². The number of halogens is 1. The van der Waals surface area contributed by atoms with Gasteiger partial charge >= 0.3 is 0 Å². The van der Waals surface area contributed by atoms with E-state index < -0.39 is 0 Å². The van der Waals surface area contributed by atoms with Crippen molar-refractivity contribution >= 4 is 33.2 Å². The minimum absolute atomic E-state index is 0.366. The molecule has 1 aromatic carbocycles. The summed E-state index contributed by atoms with van der Waals surface area (Å²) in [4.78, 5) is 7.82. The van der Waals surface area contributed by atoms with Gasteiger partial charge in [0, 0.05) is 27.6 Å². The summed E-state index contributed by atoms with van der Waals surface area (Å²) in [6, 6.07) is 6.82. The van der Waals surface area contributed by atoms with E-state index in [-0.39, 0.29) is 0 Å². The van der Waals surface area contributed by atoms with Gasteiger partial charge in [-0.2, -0.15) is 0 Å². The summed E-state index contributed by atoms with van der Waals surface area (Å²) < 4.78 is 1.14. The molecule has 1 aromatic heterocycles. The highest BCUT2D eigenvalue weighted by molar-refractivity contribution is 9.10. The number of aryl methyl sites for hydroxylation is 1. The number of fused-ring (bicyclic) bond motifs is 3. The lowest BCUT2D eigenvalue weighted by Gasteiger charge is -2.22. The van der Waals surface area contributed by atoms with Crippen LogP contribution in [-0.4, -0.2) is 17.9 Å². The molecule has 0 amide bonds. The number of aliphatic imine (C=N–C) groups is 1. The summed E-state index contributed by atoms with van der Waals surface area (Å²) in [7, 11) is 0. The summed E-state index contributed by atoms with van der Waals surface area (Å²) in [5, 5.41) is 4.77. The molecule has 2 aromatic rings. The fraction of sp³-hybridized carbons (Fsp3) is 0.400. The zero-order valence-corrected chi connectivity index (χ0v) is 12.6. The molecule has 0 spiro atoms. The molecule has 1 atom stereocenters. The number of hydrogen-bond acceptors (Lipinski definition) is 1. The summed E-state index contributed by atoms with van der Waals surface area (Å²) in [6.45, 7) is 2.87. The van der Waals surface area contributed by atoms with Crippen LogP contribution in [0.5, 0.6) is 0 Å². The third-order valence-corrected chi connectivity index (χ3v) is 4.21. The van der Waals surface area contributed by atoms with E-state index in [0.717, 1.165) is 23.9 Å². The number of nitrogens with zero attached hydrogens (tertiary/aromatic N) is 1. The maximum atomic E-state index is 4.25. The Morgan fingerprint density at radius 1 is 1.53 bits per heavy atom. The van der Waals surface area contributed by atoms with Crippen LogP contribution in [0.3, 0.4) is 0 Å². The van der Waals surface area contributed by atoms with Crippen LogP contribution in [-0.2, 0) is 6.42 Å². The summed E-state index contributed by atoms with van der Waals surface area (Å²) in [5.74, 6) is 0. The van der Waals surface area contributed by atoms with Gasteiger partial charge in [0.2, 0.25) is 0 Å². The number of hydrogen-bond donors (Lipinski definition) is 2. The Balaban J connectivity index is 2.00.